The van der Waals surface area contributed by atoms with Gasteiger partial charge in [-0.1, -0.05) is 42.5 Å². The van der Waals surface area contributed by atoms with Gasteiger partial charge in [0.2, 0.25) is 0 Å². The van der Waals surface area contributed by atoms with Crippen LogP contribution in [0.5, 0.6) is 11.5 Å². The minimum Gasteiger partial charge on any atom is -0.495 e. The number of thioether (sulfide) groups is 1. The molecule has 0 aliphatic carbocycles. The quantitative estimate of drug-likeness (QED) is 0.241. The monoisotopic (exact) mass is 519 g/mol. The van der Waals surface area contributed by atoms with Gasteiger partial charge in [-0.3, -0.25) is 29.4 Å². The highest BCUT2D eigenvalue weighted by Crippen LogP contribution is 2.34. The maximum Gasteiger partial charge on any atom is 0.293 e. The second-order valence-electron chi connectivity index (χ2n) is 7.76. The van der Waals surface area contributed by atoms with Crippen molar-refractivity contribution >= 4 is 46.3 Å². The summed E-state index contributed by atoms with van der Waals surface area (Å²) in [6.07, 6.45) is 1.56. The number of nitro benzene ring substituents is 1. The molecule has 0 unspecified atom stereocenters. The molecule has 11 heteroatoms. The first-order chi connectivity index (χ1) is 17.9. The molecule has 1 fully saturated rings. The summed E-state index contributed by atoms with van der Waals surface area (Å²) >= 11 is 0.767. The van der Waals surface area contributed by atoms with E-state index in [4.69, 9.17) is 9.47 Å². The lowest BCUT2D eigenvalue weighted by Gasteiger charge is -2.12. The number of anilines is 1. The van der Waals surface area contributed by atoms with E-state index in [1.54, 1.807) is 60.7 Å². The summed E-state index contributed by atoms with van der Waals surface area (Å²) < 4.78 is 10.7. The number of nitrogens with one attached hydrogen (secondary N) is 1. The lowest BCUT2D eigenvalue weighted by Crippen LogP contribution is -2.27. The lowest BCUT2D eigenvalue weighted by molar-refractivity contribution is -0.385. The Morgan fingerprint density at radius 1 is 1.05 bits per heavy atom. The SMILES string of the molecule is COc1ccccc1NC(=O)COc1ccc(/C=C2\SC(=O)N(Cc3ccccc3[N+](=O)[O-])C2=O)cc1. The molecular formula is C26H21N3O7S. The molecule has 3 amide bonds. The summed E-state index contributed by atoms with van der Waals surface area (Å²) in [7, 11) is 1.51. The Bertz CT molecular complexity index is 1390. The highest BCUT2D eigenvalue weighted by molar-refractivity contribution is 8.18. The average molecular weight is 520 g/mol. The van der Waals surface area contributed by atoms with Crippen molar-refractivity contribution in [2.75, 3.05) is 19.0 Å². The van der Waals surface area contributed by atoms with Crippen molar-refractivity contribution in [3.8, 4) is 11.5 Å². The number of ether oxygens (including phenoxy) is 2. The number of carbonyl (C=O) groups excluding carboxylic acids is 3. The van der Waals surface area contributed by atoms with E-state index in [1.807, 2.05) is 0 Å². The molecule has 4 rings (SSSR count). The van der Waals surface area contributed by atoms with Gasteiger partial charge in [0.1, 0.15) is 11.5 Å². The van der Waals surface area contributed by atoms with Gasteiger partial charge < -0.3 is 14.8 Å². The normalized spacial score (nSPS) is 14.1. The van der Waals surface area contributed by atoms with E-state index in [-0.39, 0.29) is 35.2 Å². The zero-order chi connectivity index (χ0) is 26.4. The van der Waals surface area contributed by atoms with E-state index >= 15 is 0 Å². The van der Waals surface area contributed by atoms with Crippen LogP contribution >= 0.6 is 11.8 Å². The lowest BCUT2D eigenvalue weighted by atomic mass is 10.1. The highest BCUT2D eigenvalue weighted by atomic mass is 32.2. The van der Waals surface area contributed by atoms with Crippen LogP contribution < -0.4 is 14.8 Å². The maximum atomic E-state index is 12.8. The molecule has 0 radical (unpaired) electrons. The fourth-order valence-corrected chi connectivity index (χ4v) is 4.36. The van der Waals surface area contributed by atoms with E-state index in [2.05, 4.69) is 5.32 Å². The minimum atomic E-state index is -0.546. The number of imide groups is 1. The molecule has 3 aromatic carbocycles. The van der Waals surface area contributed by atoms with Crippen LogP contribution in [-0.4, -0.2) is 40.6 Å². The molecule has 1 N–H and O–H groups in total. The number of hydrogen-bond acceptors (Lipinski definition) is 8. The van der Waals surface area contributed by atoms with E-state index in [9.17, 15) is 24.5 Å². The molecule has 0 aromatic heterocycles. The summed E-state index contributed by atoms with van der Waals surface area (Å²) in [5.41, 5.74) is 1.29. The number of nitrogens with zero attached hydrogens (tertiary/aromatic N) is 2. The van der Waals surface area contributed by atoms with Gasteiger partial charge in [0.25, 0.3) is 22.7 Å². The zero-order valence-corrected chi connectivity index (χ0v) is 20.4. The Hall–Kier alpha value is -4.64. The van der Waals surface area contributed by atoms with Crippen molar-refractivity contribution in [1.29, 1.82) is 0 Å². The van der Waals surface area contributed by atoms with Gasteiger partial charge >= 0.3 is 0 Å². The summed E-state index contributed by atoms with van der Waals surface area (Å²) in [5.74, 6) is 0.0887. The summed E-state index contributed by atoms with van der Waals surface area (Å²) in [4.78, 5) is 49.4. The van der Waals surface area contributed by atoms with E-state index in [0.717, 1.165) is 16.7 Å². The number of hydrogen-bond donors (Lipinski definition) is 1. The number of methoxy groups -OCH3 is 1. The molecule has 0 saturated carbocycles. The van der Waals surface area contributed by atoms with Crippen LogP contribution in [0.15, 0.2) is 77.7 Å². The minimum absolute atomic E-state index is 0.155. The number of nitro groups is 1. The molecule has 0 spiro atoms. The van der Waals surface area contributed by atoms with Gasteiger partial charge in [0.15, 0.2) is 6.61 Å². The number of carbonyl (C=O) groups is 3. The molecule has 0 atom stereocenters. The molecule has 1 heterocycles. The van der Waals surface area contributed by atoms with Gasteiger partial charge in [0, 0.05) is 11.6 Å². The topological polar surface area (TPSA) is 128 Å². The number of benzene rings is 3. The smallest absolute Gasteiger partial charge is 0.293 e. The first-order valence-electron chi connectivity index (χ1n) is 11.0. The third-order valence-electron chi connectivity index (χ3n) is 5.32. The maximum absolute atomic E-state index is 12.8. The van der Waals surface area contributed by atoms with Crippen molar-refractivity contribution in [3.05, 3.63) is 98.9 Å². The molecule has 1 saturated heterocycles. The largest absolute Gasteiger partial charge is 0.495 e. The van der Waals surface area contributed by atoms with Gasteiger partial charge in [-0.05, 0) is 47.7 Å². The molecular weight excluding hydrogens is 498 g/mol. The second-order valence-corrected chi connectivity index (χ2v) is 8.75. The van der Waals surface area contributed by atoms with Gasteiger partial charge in [-0.2, -0.15) is 0 Å². The van der Waals surface area contributed by atoms with Gasteiger partial charge in [0.05, 0.1) is 29.2 Å². The van der Waals surface area contributed by atoms with Crippen LogP contribution in [0.2, 0.25) is 0 Å². The van der Waals surface area contributed by atoms with Crippen LogP contribution in [0.1, 0.15) is 11.1 Å². The Morgan fingerprint density at radius 2 is 1.76 bits per heavy atom. The molecule has 10 nitrogen and oxygen atoms in total. The third-order valence-corrected chi connectivity index (χ3v) is 6.23. The predicted molar refractivity (Wildman–Crippen MR) is 138 cm³/mol. The average Bonchev–Trinajstić information content (AvgIpc) is 3.16. The number of rotatable bonds is 9. The fourth-order valence-electron chi connectivity index (χ4n) is 3.52. The molecule has 1 aliphatic rings. The van der Waals surface area contributed by atoms with Crippen molar-refractivity contribution in [2.45, 2.75) is 6.54 Å². The van der Waals surface area contributed by atoms with Crippen LogP contribution in [0.25, 0.3) is 6.08 Å². The van der Waals surface area contributed by atoms with Crippen LogP contribution in [-0.2, 0) is 16.1 Å². The van der Waals surface area contributed by atoms with Crippen molar-refractivity contribution in [1.82, 2.24) is 4.90 Å². The fraction of sp³-hybridized carbons (Fsp3) is 0.115. The van der Waals surface area contributed by atoms with Gasteiger partial charge in [-0.15, -0.1) is 0 Å². The zero-order valence-electron chi connectivity index (χ0n) is 19.6. The van der Waals surface area contributed by atoms with E-state index < -0.39 is 16.1 Å². The van der Waals surface area contributed by atoms with Crippen molar-refractivity contribution in [2.24, 2.45) is 0 Å². The Kier molecular flexibility index (Phi) is 7.84. The molecule has 0 bridgehead atoms. The summed E-state index contributed by atoms with van der Waals surface area (Å²) in [6.45, 7) is -0.412. The Morgan fingerprint density at radius 3 is 2.49 bits per heavy atom. The molecule has 188 valence electrons. The van der Waals surface area contributed by atoms with E-state index in [0.29, 0.717) is 22.7 Å². The molecule has 3 aromatic rings. The molecule has 1 aliphatic heterocycles. The second kappa shape index (κ2) is 11.4. The number of amides is 3. The van der Waals surface area contributed by atoms with Crippen molar-refractivity contribution in [3.63, 3.8) is 0 Å². The van der Waals surface area contributed by atoms with Crippen LogP contribution in [0.4, 0.5) is 16.2 Å². The highest BCUT2D eigenvalue weighted by Gasteiger charge is 2.36. The van der Waals surface area contributed by atoms with Gasteiger partial charge in [-0.25, -0.2) is 0 Å². The first kappa shape index (κ1) is 25.5. The van der Waals surface area contributed by atoms with Crippen LogP contribution in [0, 0.1) is 10.1 Å². The molecule has 37 heavy (non-hydrogen) atoms. The Labute approximate surface area is 216 Å². The predicted octanol–water partition coefficient (Wildman–Crippen LogP) is 4.86. The van der Waals surface area contributed by atoms with Crippen LogP contribution in [0.3, 0.4) is 0 Å². The Balaban J connectivity index is 1.37. The summed E-state index contributed by atoms with van der Waals surface area (Å²) in [6, 6.07) is 19.6. The van der Waals surface area contributed by atoms with Crippen molar-refractivity contribution < 1.29 is 28.8 Å². The first-order valence-corrected chi connectivity index (χ1v) is 11.8. The standard InChI is InChI=1S/C26H21N3O7S/c1-35-22-9-5-3-7-20(22)27-24(30)16-36-19-12-10-17(11-13-19)14-23-25(31)28(26(32)37-23)15-18-6-2-4-8-21(18)29(33)34/h2-14H,15-16H2,1H3,(H,27,30)/b23-14-. The summed E-state index contributed by atoms with van der Waals surface area (Å²) in [5, 5.41) is 13.5. The number of para-hydroxylation sites is 3. The third kappa shape index (κ3) is 6.14. The van der Waals surface area contributed by atoms with E-state index in [1.165, 1.54) is 25.3 Å².